The van der Waals surface area contributed by atoms with E-state index in [1.807, 2.05) is 26.0 Å². The fourth-order valence-electron chi connectivity index (χ4n) is 1.55. The van der Waals surface area contributed by atoms with Gasteiger partial charge in [-0.1, -0.05) is 31.1 Å². The Morgan fingerprint density at radius 1 is 1.45 bits per heavy atom. The Balaban J connectivity index is 1.97. The second-order valence-corrected chi connectivity index (χ2v) is 4.40. The van der Waals surface area contributed by atoms with Gasteiger partial charge >= 0.3 is 0 Å². The number of carbonyl (C=O) groups excluding carboxylic acids is 1. The van der Waals surface area contributed by atoms with Crippen molar-refractivity contribution in [2.45, 2.75) is 26.3 Å². The lowest BCUT2D eigenvalue weighted by atomic mass is 10.0. The number of aromatic nitrogens is 2. The summed E-state index contributed by atoms with van der Waals surface area (Å²) < 4.78 is 18.3. The van der Waals surface area contributed by atoms with Gasteiger partial charge in [-0.05, 0) is 23.6 Å². The van der Waals surface area contributed by atoms with Crippen LogP contribution in [0.2, 0.25) is 0 Å². The standard InChI is InChI=1S/C14H17N3O3/c1-9(2)10-4-6-11(7-5-10)19-8-12-16-13(17-20-12)14(18)15-3/h4-7,9H,8H2,1-3H3,(H,15,18)/i9D. The average Bonchev–Trinajstić information content (AvgIpc) is 2.92. The van der Waals surface area contributed by atoms with E-state index in [4.69, 9.17) is 10.6 Å². The van der Waals surface area contributed by atoms with Crippen molar-refractivity contribution in [2.24, 2.45) is 0 Å². The fourth-order valence-corrected chi connectivity index (χ4v) is 1.55. The van der Waals surface area contributed by atoms with Gasteiger partial charge in [-0.25, -0.2) is 0 Å². The molecule has 1 heterocycles. The van der Waals surface area contributed by atoms with Gasteiger partial charge in [0.1, 0.15) is 5.75 Å². The second-order valence-electron chi connectivity index (χ2n) is 4.40. The van der Waals surface area contributed by atoms with Crippen LogP contribution in [0.3, 0.4) is 0 Å². The number of hydrogen-bond acceptors (Lipinski definition) is 5. The highest BCUT2D eigenvalue weighted by Gasteiger charge is 2.13. The maximum Gasteiger partial charge on any atom is 0.292 e. The van der Waals surface area contributed by atoms with Gasteiger partial charge < -0.3 is 14.6 Å². The average molecular weight is 276 g/mol. The molecule has 6 nitrogen and oxygen atoms in total. The van der Waals surface area contributed by atoms with Crippen molar-refractivity contribution in [1.29, 1.82) is 0 Å². The number of benzene rings is 1. The van der Waals surface area contributed by atoms with Crippen molar-refractivity contribution in [3.05, 3.63) is 41.5 Å². The summed E-state index contributed by atoms with van der Waals surface area (Å²) in [6, 6.07) is 7.24. The predicted octanol–water partition coefficient (Wildman–Crippen LogP) is 2.13. The Labute approximate surface area is 118 Å². The zero-order chi connectivity index (χ0) is 15.5. The molecule has 0 spiro atoms. The van der Waals surface area contributed by atoms with E-state index in [0.29, 0.717) is 5.75 Å². The number of hydrogen-bond donors (Lipinski definition) is 1. The summed E-state index contributed by atoms with van der Waals surface area (Å²) in [4.78, 5) is 15.2. The summed E-state index contributed by atoms with van der Waals surface area (Å²) in [6.45, 7) is 3.72. The predicted molar refractivity (Wildman–Crippen MR) is 72.6 cm³/mol. The molecule has 20 heavy (non-hydrogen) atoms. The van der Waals surface area contributed by atoms with Gasteiger partial charge in [-0.2, -0.15) is 4.98 Å². The van der Waals surface area contributed by atoms with Crippen molar-refractivity contribution in [3.8, 4) is 5.75 Å². The molecular formula is C14H17N3O3. The molecule has 106 valence electrons. The third-order valence-electron chi connectivity index (χ3n) is 2.69. The van der Waals surface area contributed by atoms with Crippen LogP contribution in [0.15, 0.2) is 28.8 Å². The maximum atomic E-state index is 11.3. The molecule has 1 aromatic heterocycles. The first kappa shape index (κ1) is 12.7. The summed E-state index contributed by atoms with van der Waals surface area (Å²) >= 11 is 0. The van der Waals surface area contributed by atoms with E-state index in [2.05, 4.69) is 15.5 Å². The van der Waals surface area contributed by atoms with Gasteiger partial charge in [-0.15, -0.1) is 0 Å². The third kappa shape index (κ3) is 3.34. The molecule has 6 heteroatoms. The molecule has 1 amide bonds. The molecule has 0 atom stereocenters. The minimum absolute atomic E-state index is 0.0256. The van der Waals surface area contributed by atoms with Crippen LogP contribution in [0.25, 0.3) is 0 Å². The fraction of sp³-hybridized carbons (Fsp3) is 0.357. The SMILES string of the molecule is [2H]C(C)(C)c1ccc(OCc2nc(C(=O)NC)no2)cc1. The van der Waals surface area contributed by atoms with Gasteiger partial charge in [0, 0.05) is 8.42 Å². The zero-order valence-corrected chi connectivity index (χ0v) is 11.6. The van der Waals surface area contributed by atoms with Gasteiger partial charge in [0.05, 0.1) is 0 Å². The van der Waals surface area contributed by atoms with Crippen LogP contribution in [-0.2, 0) is 6.61 Å². The highest BCUT2D eigenvalue weighted by molar-refractivity contribution is 5.89. The molecule has 0 fully saturated rings. The molecule has 0 saturated carbocycles. The number of ether oxygens (including phenoxy) is 1. The van der Waals surface area contributed by atoms with Crippen LogP contribution >= 0.6 is 0 Å². The quantitative estimate of drug-likeness (QED) is 0.905. The number of amides is 1. The Morgan fingerprint density at radius 2 is 2.15 bits per heavy atom. The zero-order valence-electron chi connectivity index (χ0n) is 12.6. The van der Waals surface area contributed by atoms with Crippen LogP contribution < -0.4 is 10.1 Å². The molecule has 0 aliphatic heterocycles. The normalized spacial score (nSPS) is 11.8. The topological polar surface area (TPSA) is 77.2 Å². The van der Waals surface area contributed by atoms with Gasteiger partial charge in [0.15, 0.2) is 6.61 Å². The van der Waals surface area contributed by atoms with E-state index in [1.54, 1.807) is 12.1 Å². The molecule has 0 bridgehead atoms. The number of nitrogens with zero attached hydrogens (tertiary/aromatic N) is 2. The van der Waals surface area contributed by atoms with Crippen LogP contribution in [0.1, 0.15) is 43.2 Å². The maximum absolute atomic E-state index is 11.3. The number of nitrogens with one attached hydrogen (secondary N) is 1. The van der Waals surface area contributed by atoms with Gasteiger partial charge in [-0.3, -0.25) is 4.79 Å². The van der Waals surface area contributed by atoms with Crippen LogP contribution in [0.4, 0.5) is 0 Å². The van der Waals surface area contributed by atoms with Crippen molar-refractivity contribution >= 4 is 5.91 Å². The van der Waals surface area contributed by atoms with E-state index in [1.165, 1.54) is 7.05 Å². The lowest BCUT2D eigenvalue weighted by Crippen LogP contribution is -2.19. The first-order valence-corrected chi connectivity index (χ1v) is 6.18. The number of rotatable bonds is 5. The van der Waals surface area contributed by atoms with Crippen molar-refractivity contribution < 1.29 is 15.4 Å². The van der Waals surface area contributed by atoms with Crippen LogP contribution in [0.5, 0.6) is 5.75 Å². The molecule has 1 N–H and O–H groups in total. The van der Waals surface area contributed by atoms with E-state index in [9.17, 15) is 4.79 Å². The largest absolute Gasteiger partial charge is 0.484 e. The molecule has 2 aromatic rings. The summed E-state index contributed by atoms with van der Waals surface area (Å²) in [5.74, 6) is -0.233. The highest BCUT2D eigenvalue weighted by Crippen LogP contribution is 2.19. The molecular weight excluding hydrogens is 258 g/mol. The smallest absolute Gasteiger partial charge is 0.292 e. The van der Waals surface area contributed by atoms with Gasteiger partial charge in [0.25, 0.3) is 17.6 Å². The summed E-state index contributed by atoms with van der Waals surface area (Å²) in [7, 11) is 1.49. The number of carbonyl (C=O) groups is 1. The molecule has 2 rings (SSSR count). The first-order valence-electron chi connectivity index (χ1n) is 6.68. The van der Waals surface area contributed by atoms with Crippen LogP contribution in [0, 0.1) is 0 Å². The highest BCUT2D eigenvalue weighted by atomic mass is 16.5. The van der Waals surface area contributed by atoms with E-state index >= 15 is 0 Å². The second kappa shape index (κ2) is 6.18. The Bertz CT molecular complexity index is 617. The molecule has 0 unspecified atom stereocenters. The van der Waals surface area contributed by atoms with E-state index < -0.39 is 11.8 Å². The monoisotopic (exact) mass is 276 g/mol. The first-order chi connectivity index (χ1) is 9.90. The Kier molecular flexibility index (Phi) is 3.91. The van der Waals surface area contributed by atoms with E-state index in [-0.39, 0.29) is 18.3 Å². The van der Waals surface area contributed by atoms with Crippen molar-refractivity contribution in [1.82, 2.24) is 15.5 Å². The molecule has 0 saturated heterocycles. The summed E-state index contributed by atoms with van der Waals surface area (Å²) in [5, 5.41) is 5.95. The summed E-state index contributed by atoms with van der Waals surface area (Å²) in [5.41, 5.74) is 0.898. The lowest BCUT2D eigenvalue weighted by molar-refractivity contribution is 0.0950. The Morgan fingerprint density at radius 3 is 2.75 bits per heavy atom. The van der Waals surface area contributed by atoms with E-state index in [0.717, 1.165) is 5.56 Å². The van der Waals surface area contributed by atoms with Gasteiger partial charge in [0.2, 0.25) is 0 Å². The van der Waals surface area contributed by atoms with Crippen LogP contribution in [-0.4, -0.2) is 23.1 Å². The van der Waals surface area contributed by atoms with Crippen molar-refractivity contribution in [2.75, 3.05) is 7.05 Å². The third-order valence-corrected chi connectivity index (χ3v) is 2.69. The van der Waals surface area contributed by atoms with Crippen molar-refractivity contribution in [3.63, 3.8) is 0 Å². The molecule has 0 radical (unpaired) electrons. The Hall–Kier alpha value is -2.37. The summed E-state index contributed by atoms with van der Waals surface area (Å²) in [6.07, 6.45) is 0. The minimum atomic E-state index is -0.645. The molecule has 0 aliphatic carbocycles. The molecule has 1 aromatic carbocycles. The lowest BCUT2D eigenvalue weighted by Gasteiger charge is -2.07. The minimum Gasteiger partial charge on any atom is -0.484 e. The molecule has 0 aliphatic rings.